The van der Waals surface area contributed by atoms with Crippen LogP contribution in [0.1, 0.15) is 58.6 Å². The molecule has 1 amide bonds. The van der Waals surface area contributed by atoms with Gasteiger partial charge in [0.1, 0.15) is 11.4 Å². The van der Waals surface area contributed by atoms with Crippen molar-refractivity contribution >= 4 is 37.3 Å². The molecule has 1 unspecified atom stereocenters. The molecule has 230 valence electrons. The third kappa shape index (κ3) is 12.2. The van der Waals surface area contributed by atoms with Crippen molar-refractivity contribution in [2.45, 2.75) is 81.2 Å². The Labute approximate surface area is 253 Å². The number of phosphoric acid groups is 1. The van der Waals surface area contributed by atoms with Crippen LogP contribution in [-0.4, -0.2) is 52.0 Å². The molecule has 0 spiro atoms. The van der Waals surface area contributed by atoms with Gasteiger partial charge in [-0.1, -0.05) is 48.8 Å². The molecule has 0 aromatic heterocycles. The number of hydrogen-bond donors (Lipinski definition) is 1. The Morgan fingerprint density at radius 2 is 1.73 bits per heavy atom. The van der Waals surface area contributed by atoms with Gasteiger partial charge in [-0.05, 0) is 82.3 Å². The number of amides is 1. The van der Waals surface area contributed by atoms with E-state index < -0.39 is 25.1 Å². The minimum atomic E-state index is -3.77. The monoisotopic (exact) mass is 631 g/mol. The quantitative estimate of drug-likeness (QED) is 0.146. The van der Waals surface area contributed by atoms with Crippen LogP contribution < -0.4 is 10.1 Å². The van der Waals surface area contributed by atoms with Crippen molar-refractivity contribution in [2.24, 2.45) is 0 Å². The van der Waals surface area contributed by atoms with E-state index in [0.29, 0.717) is 17.9 Å². The molecular weight excluding hydrogens is 589 g/mol. The highest BCUT2D eigenvalue weighted by atomic mass is 35.5. The third-order valence-corrected chi connectivity index (χ3v) is 8.59. The van der Waals surface area contributed by atoms with Gasteiger partial charge in [0.2, 0.25) is 0 Å². The molecule has 0 radical (unpaired) electrons. The van der Waals surface area contributed by atoms with Crippen molar-refractivity contribution in [1.29, 1.82) is 0 Å². The summed E-state index contributed by atoms with van der Waals surface area (Å²) in [6.45, 7) is 9.26. The van der Waals surface area contributed by atoms with Crippen molar-refractivity contribution in [2.75, 3.05) is 34.7 Å². The van der Waals surface area contributed by atoms with Crippen LogP contribution in [0.15, 0.2) is 46.2 Å². The second kappa shape index (κ2) is 16.2. The number of methoxy groups -OCH3 is 1. The van der Waals surface area contributed by atoms with Crippen LogP contribution in [0, 0.1) is 0 Å². The third-order valence-electron chi connectivity index (χ3n) is 5.87. The van der Waals surface area contributed by atoms with Crippen LogP contribution in [-0.2, 0) is 40.5 Å². The molecule has 41 heavy (non-hydrogen) atoms. The first-order valence-electron chi connectivity index (χ1n) is 13.3. The Bertz CT molecular complexity index is 1180. The van der Waals surface area contributed by atoms with Crippen LogP contribution in [0.2, 0.25) is 5.02 Å². The van der Waals surface area contributed by atoms with Gasteiger partial charge < -0.3 is 19.5 Å². The number of alkyl carbamates (subject to hydrolysis) is 1. The minimum Gasteiger partial charge on any atom is -0.466 e. The Hall–Kier alpha value is -1.78. The predicted octanol–water partition coefficient (Wildman–Crippen LogP) is 8.06. The highest BCUT2D eigenvalue weighted by Crippen LogP contribution is 2.48. The molecule has 0 fully saturated rings. The number of halogens is 1. The van der Waals surface area contributed by atoms with Crippen molar-refractivity contribution in [1.82, 2.24) is 5.32 Å². The minimum absolute atomic E-state index is 0.144. The Kier molecular flexibility index (Phi) is 14.0. The molecule has 0 heterocycles. The van der Waals surface area contributed by atoms with E-state index in [4.69, 9.17) is 39.4 Å². The summed E-state index contributed by atoms with van der Waals surface area (Å²) in [5.41, 5.74) is 0.444. The number of benzene rings is 2. The van der Waals surface area contributed by atoms with Gasteiger partial charge in [-0.2, -0.15) is 0 Å². The molecule has 0 aliphatic carbocycles. The van der Waals surface area contributed by atoms with Crippen LogP contribution in [0.5, 0.6) is 5.75 Å². The predicted molar refractivity (Wildman–Crippen MR) is 162 cm³/mol. The highest BCUT2D eigenvalue weighted by molar-refractivity contribution is 7.99. The van der Waals surface area contributed by atoms with E-state index >= 15 is 0 Å². The van der Waals surface area contributed by atoms with Gasteiger partial charge >= 0.3 is 13.9 Å². The molecular formula is C29H43ClNO8PS. The van der Waals surface area contributed by atoms with Crippen LogP contribution in [0.3, 0.4) is 0 Å². The summed E-state index contributed by atoms with van der Waals surface area (Å²) < 4.78 is 44.1. The lowest BCUT2D eigenvalue weighted by Crippen LogP contribution is -2.51. The number of carbonyl (C=O) groups excluding carboxylic acids is 1. The summed E-state index contributed by atoms with van der Waals surface area (Å²) in [4.78, 5) is 14.6. The average molecular weight is 632 g/mol. The number of phosphoric ester groups is 1. The van der Waals surface area contributed by atoms with E-state index in [1.54, 1.807) is 46.6 Å². The first-order chi connectivity index (χ1) is 19.2. The van der Waals surface area contributed by atoms with Crippen molar-refractivity contribution in [3.05, 3.63) is 52.5 Å². The maximum atomic E-state index is 12.6. The number of rotatable bonds is 16. The smallest absolute Gasteiger partial charge is 0.466 e. The number of ether oxygens (including phenoxy) is 3. The fourth-order valence-corrected chi connectivity index (χ4v) is 5.92. The summed E-state index contributed by atoms with van der Waals surface area (Å²) in [5, 5.41) is 3.44. The second-order valence-corrected chi connectivity index (χ2v) is 14.1. The molecule has 2 aromatic rings. The molecule has 1 N–H and O–H groups in total. The molecule has 0 saturated carbocycles. The SMILES string of the molecule is CCCc1ccc(OCOC)c(Sc2ccc(CCC(C)(COP(=O)(OC)OC)NC(=O)OC(C)(C)C)c(Cl)c2)c1. The summed E-state index contributed by atoms with van der Waals surface area (Å²) in [6, 6.07) is 12.0. The highest BCUT2D eigenvalue weighted by Gasteiger charge is 2.34. The first kappa shape index (κ1) is 35.4. The zero-order chi connectivity index (χ0) is 30.7. The van der Waals surface area contributed by atoms with Gasteiger partial charge in [-0.25, -0.2) is 9.36 Å². The summed E-state index contributed by atoms with van der Waals surface area (Å²) in [6.07, 6.45) is 2.30. The molecule has 0 saturated heterocycles. The van der Waals surface area contributed by atoms with E-state index in [2.05, 4.69) is 24.4 Å². The van der Waals surface area contributed by atoms with Gasteiger partial charge in [0.15, 0.2) is 6.79 Å². The van der Waals surface area contributed by atoms with E-state index in [1.165, 1.54) is 19.8 Å². The van der Waals surface area contributed by atoms with Crippen LogP contribution >= 0.6 is 31.2 Å². The molecule has 1 atom stereocenters. The zero-order valence-electron chi connectivity index (χ0n) is 25.2. The van der Waals surface area contributed by atoms with Crippen molar-refractivity contribution in [3.8, 4) is 5.75 Å². The molecule has 2 aromatic carbocycles. The molecule has 2 rings (SSSR count). The van der Waals surface area contributed by atoms with Crippen LogP contribution in [0.25, 0.3) is 0 Å². The first-order valence-corrected chi connectivity index (χ1v) is 16.0. The van der Waals surface area contributed by atoms with Gasteiger partial charge in [0.25, 0.3) is 0 Å². The lowest BCUT2D eigenvalue weighted by molar-refractivity contribution is 0.0389. The topological polar surface area (TPSA) is 102 Å². The molecule has 0 aliphatic rings. The Morgan fingerprint density at radius 1 is 1.02 bits per heavy atom. The van der Waals surface area contributed by atoms with Gasteiger partial charge in [0, 0.05) is 31.2 Å². The number of carbonyl (C=O) groups is 1. The van der Waals surface area contributed by atoms with Crippen molar-refractivity contribution < 1.29 is 37.1 Å². The van der Waals surface area contributed by atoms with E-state index in [1.807, 2.05) is 24.3 Å². The summed E-state index contributed by atoms with van der Waals surface area (Å²) in [5.74, 6) is 0.741. The Balaban J connectivity index is 2.22. The lowest BCUT2D eigenvalue weighted by atomic mass is 9.94. The normalized spacial score (nSPS) is 13.5. The average Bonchev–Trinajstić information content (AvgIpc) is 2.90. The van der Waals surface area contributed by atoms with E-state index in [9.17, 15) is 9.36 Å². The molecule has 12 heteroatoms. The maximum Gasteiger partial charge on any atom is 0.474 e. The standard InChI is InChI=1S/C29H43ClNO8PS/c1-9-10-21-11-14-25(37-20-34-6)26(17-21)41-23-13-12-22(24(30)18-23)15-16-29(5,19-38-40(33,35-7)36-8)31-27(32)39-28(2,3)4/h11-14,17-18H,9-10,15-16,19-20H2,1-8H3,(H,31,32). The largest absolute Gasteiger partial charge is 0.474 e. The number of hydrogen-bond acceptors (Lipinski definition) is 9. The molecule has 9 nitrogen and oxygen atoms in total. The van der Waals surface area contributed by atoms with Gasteiger partial charge in [-0.3, -0.25) is 13.6 Å². The van der Waals surface area contributed by atoms with Crippen LogP contribution in [0.4, 0.5) is 4.79 Å². The number of nitrogens with one attached hydrogen (secondary N) is 1. The lowest BCUT2D eigenvalue weighted by Gasteiger charge is -2.32. The fourth-order valence-electron chi connectivity index (χ4n) is 3.77. The van der Waals surface area contributed by atoms with Crippen molar-refractivity contribution in [3.63, 3.8) is 0 Å². The summed E-state index contributed by atoms with van der Waals surface area (Å²) in [7, 11) is 0.284. The second-order valence-electron chi connectivity index (χ2n) is 10.7. The van der Waals surface area contributed by atoms with Gasteiger partial charge in [0.05, 0.1) is 17.0 Å². The fraction of sp³-hybridized carbons (Fsp3) is 0.552. The molecule has 0 bridgehead atoms. The van der Waals surface area contributed by atoms with E-state index in [-0.39, 0.29) is 13.4 Å². The number of aryl methyl sites for hydroxylation is 2. The van der Waals surface area contributed by atoms with E-state index in [0.717, 1.165) is 33.9 Å². The Morgan fingerprint density at radius 3 is 2.32 bits per heavy atom. The zero-order valence-corrected chi connectivity index (χ0v) is 27.7. The molecule has 0 aliphatic heterocycles. The summed E-state index contributed by atoms with van der Waals surface area (Å²) >= 11 is 8.29. The van der Waals surface area contributed by atoms with Gasteiger partial charge in [-0.15, -0.1) is 0 Å². The maximum absolute atomic E-state index is 12.6.